The minimum absolute atomic E-state index is 0.688. The van der Waals surface area contributed by atoms with Crippen LogP contribution in [0.5, 0.6) is 0 Å². The number of carbonyl (C=O) groups excluding carboxylic acids is 1. The fraction of sp³-hybridized carbons (Fsp3) is 0.900. The van der Waals surface area contributed by atoms with E-state index >= 15 is 0 Å². The molecule has 9 heteroatoms. The van der Waals surface area contributed by atoms with Gasteiger partial charge in [0.1, 0.15) is 11.6 Å². The van der Waals surface area contributed by atoms with E-state index in [1.54, 1.807) is 0 Å². The minimum Gasteiger partial charge on any atom is -0.459 e. The maximum atomic E-state index is 12.3. The molecule has 5 nitrogen and oxygen atoms in total. The van der Waals surface area contributed by atoms with Crippen molar-refractivity contribution in [3.8, 4) is 0 Å². The van der Waals surface area contributed by atoms with Gasteiger partial charge in [0.05, 0.1) is 0 Å². The molecule has 0 aromatic heterocycles. The monoisotopic (exact) mass is 305 g/mol. The molecule has 0 aromatic carbocycles. The first kappa shape index (κ1) is 18.2. The highest BCUT2D eigenvalue weighted by Gasteiger charge is 2.48. The average molecular weight is 305 g/mol. The number of esters is 1. The fourth-order valence-electron chi connectivity index (χ4n) is 1.06. The van der Waals surface area contributed by atoms with Crippen molar-refractivity contribution in [2.45, 2.75) is 51.8 Å². The van der Waals surface area contributed by atoms with Gasteiger partial charge in [-0.05, 0) is 26.7 Å². The van der Waals surface area contributed by atoms with Gasteiger partial charge >= 0.3 is 21.5 Å². The molecule has 0 unspecified atom stereocenters. The van der Waals surface area contributed by atoms with E-state index in [4.69, 9.17) is 4.74 Å². The van der Waals surface area contributed by atoms with Crippen LogP contribution >= 0.6 is 0 Å². The Bertz CT molecular complexity index is 423. The molecule has 0 aliphatic heterocycles. The number of halogens is 3. The van der Waals surface area contributed by atoms with Crippen molar-refractivity contribution in [1.29, 1.82) is 0 Å². The van der Waals surface area contributed by atoms with Crippen LogP contribution in [0.25, 0.3) is 0 Å². The minimum atomic E-state index is -5.59. The van der Waals surface area contributed by atoms with Crippen molar-refractivity contribution in [2.24, 2.45) is 5.92 Å². The van der Waals surface area contributed by atoms with E-state index in [9.17, 15) is 26.4 Å². The van der Waals surface area contributed by atoms with Gasteiger partial charge in [0.25, 0.3) is 0 Å². The first-order chi connectivity index (χ1) is 8.17. The maximum Gasteiger partial charge on any atom is 0.511 e. The summed E-state index contributed by atoms with van der Waals surface area (Å²) in [6.45, 7) is 7.41. The molecule has 0 aromatic rings. The summed E-state index contributed by atoms with van der Waals surface area (Å²) in [4.78, 5) is 11.7. The molecule has 0 heterocycles. The lowest BCUT2D eigenvalue weighted by Gasteiger charge is -2.26. The zero-order valence-corrected chi connectivity index (χ0v) is 12.1. The summed E-state index contributed by atoms with van der Waals surface area (Å²) < 4.78 is 65.0. The first-order valence-corrected chi connectivity index (χ1v) is 6.97. The van der Waals surface area contributed by atoms with Crippen LogP contribution in [0.3, 0.4) is 0 Å². The van der Waals surface area contributed by atoms with Crippen molar-refractivity contribution in [3.63, 3.8) is 0 Å². The highest BCUT2D eigenvalue weighted by Crippen LogP contribution is 2.23. The number of rotatable bonds is 4. The van der Waals surface area contributed by atoms with Crippen molar-refractivity contribution in [3.05, 3.63) is 0 Å². The Hall–Kier alpha value is -0.830. The van der Waals surface area contributed by atoms with Gasteiger partial charge in [-0.1, -0.05) is 13.8 Å². The Balaban J connectivity index is 5.13. The summed E-state index contributed by atoms with van der Waals surface area (Å²) in [6, 6.07) is -1.59. The molecule has 1 N–H and O–H groups in total. The van der Waals surface area contributed by atoms with Crippen LogP contribution in [0.15, 0.2) is 0 Å². The lowest BCUT2D eigenvalue weighted by molar-refractivity contribution is -0.158. The molecule has 0 amide bonds. The molecular formula is C10H18F3NO4S. The van der Waals surface area contributed by atoms with Gasteiger partial charge < -0.3 is 4.74 Å². The predicted octanol–water partition coefficient (Wildman–Crippen LogP) is 1.79. The topological polar surface area (TPSA) is 72.5 Å². The zero-order valence-electron chi connectivity index (χ0n) is 11.3. The molecule has 0 saturated heterocycles. The molecule has 0 rings (SSSR count). The van der Waals surface area contributed by atoms with Crippen LogP contribution in [-0.4, -0.2) is 31.5 Å². The molecule has 0 radical (unpaired) electrons. The number of ether oxygens (including phenoxy) is 1. The van der Waals surface area contributed by atoms with Crippen molar-refractivity contribution >= 4 is 16.0 Å². The van der Waals surface area contributed by atoms with E-state index in [0.717, 1.165) is 0 Å². The van der Waals surface area contributed by atoms with Crippen LogP contribution < -0.4 is 4.72 Å². The molecule has 0 fully saturated rings. The van der Waals surface area contributed by atoms with E-state index in [1.165, 1.54) is 39.3 Å². The van der Waals surface area contributed by atoms with Gasteiger partial charge in [-0.15, -0.1) is 0 Å². The summed E-state index contributed by atoms with van der Waals surface area (Å²) in [5.41, 5.74) is -6.39. The van der Waals surface area contributed by atoms with Gasteiger partial charge in [0.15, 0.2) is 0 Å². The van der Waals surface area contributed by atoms with Crippen LogP contribution in [0.1, 0.15) is 34.6 Å². The normalized spacial score (nSPS) is 15.4. The molecule has 0 saturated carbocycles. The maximum absolute atomic E-state index is 12.3. The lowest BCUT2D eigenvalue weighted by atomic mass is 10.1. The smallest absolute Gasteiger partial charge is 0.459 e. The Labute approximate surface area is 110 Å². The molecule has 0 spiro atoms. The highest BCUT2D eigenvalue weighted by atomic mass is 32.2. The second-order valence-electron chi connectivity index (χ2n) is 5.32. The lowest BCUT2D eigenvalue weighted by Crippen LogP contribution is -2.50. The van der Waals surface area contributed by atoms with Crippen LogP contribution in [0.4, 0.5) is 13.2 Å². The largest absolute Gasteiger partial charge is 0.511 e. The van der Waals surface area contributed by atoms with Crippen LogP contribution in [0, 0.1) is 5.92 Å². The molecule has 1 atom stereocenters. The Morgan fingerprint density at radius 1 is 1.16 bits per heavy atom. The first-order valence-electron chi connectivity index (χ1n) is 5.49. The zero-order chi connectivity index (χ0) is 15.6. The summed E-state index contributed by atoms with van der Waals surface area (Å²) in [7, 11) is -5.59. The van der Waals surface area contributed by atoms with Gasteiger partial charge in [-0.3, -0.25) is 4.79 Å². The molecule has 19 heavy (non-hydrogen) atoms. The van der Waals surface area contributed by atoms with Gasteiger partial charge in [0, 0.05) is 0 Å². The van der Waals surface area contributed by atoms with E-state index in [0.29, 0.717) is 0 Å². The standard InChI is InChI=1S/C10H18F3NO4S/c1-6(2)7(8(15)18-9(3,4)5)14-19(16,17)10(11,12)13/h6-7,14H,1-5H3/t7-/m0/s1. The molecule has 114 valence electrons. The Morgan fingerprint density at radius 3 is 1.84 bits per heavy atom. The van der Waals surface area contributed by atoms with Crippen LogP contribution in [-0.2, 0) is 19.6 Å². The quantitative estimate of drug-likeness (QED) is 0.804. The molecule has 0 bridgehead atoms. The number of hydrogen-bond donors (Lipinski definition) is 1. The summed E-state index contributed by atoms with van der Waals surface area (Å²) in [5.74, 6) is -1.73. The number of nitrogens with one attached hydrogen (secondary N) is 1. The Morgan fingerprint density at radius 2 is 1.58 bits per heavy atom. The Kier molecular flexibility index (Phi) is 5.41. The summed E-state index contributed by atoms with van der Waals surface area (Å²) >= 11 is 0. The number of carbonyl (C=O) groups is 1. The van der Waals surface area contributed by atoms with Crippen molar-refractivity contribution in [1.82, 2.24) is 4.72 Å². The van der Waals surface area contributed by atoms with Crippen molar-refractivity contribution < 1.29 is 31.1 Å². The molecule has 0 aliphatic carbocycles. The molecular weight excluding hydrogens is 287 g/mol. The van der Waals surface area contributed by atoms with Gasteiger partial charge in [-0.2, -0.15) is 17.9 Å². The number of alkyl halides is 3. The van der Waals surface area contributed by atoms with E-state index in [1.807, 2.05) is 0 Å². The molecule has 0 aliphatic rings. The number of sulfonamides is 1. The highest BCUT2D eigenvalue weighted by molar-refractivity contribution is 7.90. The fourth-order valence-corrected chi connectivity index (χ4v) is 1.89. The number of hydrogen-bond acceptors (Lipinski definition) is 4. The van der Waals surface area contributed by atoms with E-state index < -0.39 is 39.1 Å². The van der Waals surface area contributed by atoms with Crippen LogP contribution in [0.2, 0.25) is 0 Å². The average Bonchev–Trinajstić information content (AvgIpc) is 2.08. The third-order valence-corrected chi connectivity index (χ3v) is 3.09. The van der Waals surface area contributed by atoms with Crippen molar-refractivity contribution in [2.75, 3.05) is 0 Å². The second kappa shape index (κ2) is 5.66. The SMILES string of the molecule is CC(C)[C@H](NS(=O)(=O)C(F)(F)F)C(=O)OC(C)(C)C. The van der Waals surface area contributed by atoms with E-state index in [-0.39, 0.29) is 0 Å². The van der Waals surface area contributed by atoms with Gasteiger partial charge in [-0.25, -0.2) is 8.42 Å². The third-order valence-electron chi connectivity index (χ3n) is 1.91. The summed E-state index contributed by atoms with van der Waals surface area (Å²) in [6.07, 6.45) is 0. The summed E-state index contributed by atoms with van der Waals surface area (Å²) in [5, 5.41) is 0. The second-order valence-corrected chi connectivity index (χ2v) is 7.03. The predicted molar refractivity (Wildman–Crippen MR) is 62.6 cm³/mol. The van der Waals surface area contributed by atoms with Gasteiger partial charge in [0.2, 0.25) is 0 Å². The van der Waals surface area contributed by atoms with E-state index in [2.05, 4.69) is 0 Å². The third kappa shape index (κ3) is 5.77.